The minimum Gasteiger partial charge on any atom is -0.462 e. The van der Waals surface area contributed by atoms with E-state index >= 15 is 0 Å². The van der Waals surface area contributed by atoms with E-state index in [1.54, 1.807) is 24.5 Å². The molecule has 5 nitrogen and oxygen atoms in total. The third-order valence-electron chi connectivity index (χ3n) is 5.90. The van der Waals surface area contributed by atoms with Crippen LogP contribution in [-0.4, -0.2) is 15.5 Å². The molecule has 0 aliphatic heterocycles. The quantitative estimate of drug-likeness (QED) is 0.372. The van der Waals surface area contributed by atoms with E-state index in [4.69, 9.17) is 4.42 Å². The number of nitrogens with one attached hydrogen (secondary N) is 1. The number of aromatic nitrogens is 2. The lowest BCUT2D eigenvalue weighted by atomic mass is 10.1. The summed E-state index contributed by atoms with van der Waals surface area (Å²) in [6.45, 7) is 0. The molecule has 8 heteroatoms. The number of amides is 1. The third-order valence-corrected chi connectivity index (χ3v) is 5.90. The summed E-state index contributed by atoms with van der Waals surface area (Å²) in [5.74, 6) is -1.99. The number of carbonyl (C=O) groups is 1. The average molecular weight is 451 g/mol. The Labute approximate surface area is 187 Å². The highest BCUT2D eigenvalue weighted by Crippen LogP contribution is 2.39. The second-order valence-corrected chi connectivity index (χ2v) is 8.07. The molecule has 2 aromatic heterocycles. The number of anilines is 1. The van der Waals surface area contributed by atoms with Crippen LogP contribution in [0.2, 0.25) is 0 Å². The smallest absolute Gasteiger partial charge is 0.259 e. The molecule has 1 aliphatic rings. The summed E-state index contributed by atoms with van der Waals surface area (Å²) < 4.78 is 48.6. The number of halogens is 3. The number of hydrogen-bond acceptors (Lipinski definition) is 3. The van der Waals surface area contributed by atoms with Crippen LogP contribution >= 0.6 is 0 Å². The minimum absolute atomic E-state index is 0.151. The van der Waals surface area contributed by atoms with Crippen molar-refractivity contribution in [1.82, 2.24) is 9.55 Å². The van der Waals surface area contributed by atoms with Gasteiger partial charge in [0.2, 0.25) is 0 Å². The Balaban J connectivity index is 1.51. The molecule has 0 bridgehead atoms. The van der Waals surface area contributed by atoms with E-state index in [0.29, 0.717) is 22.7 Å². The standard InChI is InChI=1S/C25H20F3N3O2/c26-17-7-5-15(6-8-17)23-24(31(14-29-23)19-3-1-2-4-19)22-11-16(13-33-22)25(32)30-21-12-18(27)9-10-20(21)28/h5-14,19H,1-4H2,(H,30,32). The monoisotopic (exact) mass is 451 g/mol. The van der Waals surface area contributed by atoms with Gasteiger partial charge in [0, 0.05) is 17.7 Å². The van der Waals surface area contributed by atoms with E-state index in [1.165, 1.54) is 18.4 Å². The summed E-state index contributed by atoms with van der Waals surface area (Å²) >= 11 is 0. The molecule has 2 heterocycles. The average Bonchev–Trinajstić information content (AvgIpc) is 3.56. The van der Waals surface area contributed by atoms with Crippen LogP contribution in [0.3, 0.4) is 0 Å². The first-order valence-corrected chi connectivity index (χ1v) is 10.7. The second kappa shape index (κ2) is 8.61. The van der Waals surface area contributed by atoms with Gasteiger partial charge in [0.15, 0.2) is 5.76 Å². The first-order valence-electron chi connectivity index (χ1n) is 10.7. The SMILES string of the molecule is O=C(Nc1cc(F)ccc1F)c1coc(-c2c(-c3ccc(F)cc3)ncn2C2CCCC2)c1. The molecule has 5 rings (SSSR count). The zero-order valence-electron chi connectivity index (χ0n) is 17.5. The van der Waals surface area contributed by atoms with E-state index in [1.807, 2.05) is 4.57 Å². The highest BCUT2D eigenvalue weighted by molar-refractivity contribution is 6.04. The van der Waals surface area contributed by atoms with Crippen LogP contribution in [0, 0.1) is 17.5 Å². The number of furan rings is 1. The Bertz CT molecular complexity index is 1300. The Kier molecular flexibility index (Phi) is 5.50. The zero-order valence-corrected chi connectivity index (χ0v) is 17.5. The van der Waals surface area contributed by atoms with Crippen LogP contribution < -0.4 is 5.32 Å². The van der Waals surface area contributed by atoms with Gasteiger partial charge in [-0.3, -0.25) is 4.79 Å². The summed E-state index contributed by atoms with van der Waals surface area (Å²) in [5, 5.41) is 2.37. The van der Waals surface area contributed by atoms with Gasteiger partial charge in [-0.05, 0) is 55.3 Å². The Hall–Kier alpha value is -3.81. The maximum absolute atomic E-state index is 13.9. The summed E-state index contributed by atoms with van der Waals surface area (Å²) in [6.07, 6.45) is 7.23. The van der Waals surface area contributed by atoms with Crippen LogP contribution in [0.4, 0.5) is 18.9 Å². The van der Waals surface area contributed by atoms with Gasteiger partial charge in [0.25, 0.3) is 5.91 Å². The first kappa shape index (κ1) is 21.1. The summed E-state index contributed by atoms with van der Waals surface area (Å²) in [6, 6.07) is 10.6. The maximum atomic E-state index is 13.9. The van der Waals surface area contributed by atoms with Crippen LogP contribution in [0.5, 0.6) is 0 Å². The van der Waals surface area contributed by atoms with Gasteiger partial charge in [-0.2, -0.15) is 0 Å². The molecule has 33 heavy (non-hydrogen) atoms. The predicted octanol–water partition coefficient (Wildman–Crippen LogP) is 6.59. The Morgan fingerprint density at radius 2 is 1.73 bits per heavy atom. The Morgan fingerprint density at radius 1 is 1.00 bits per heavy atom. The van der Waals surface area contributed by atoms with Gasteiger partial charge in [0.1, 0.15) is 29.4 Å². The predicted molar refractivity (Wildman–Crippen MR) is 117 cm³/mol. The maximum Gasteiger partial charge on any atom is 0.259 e. The van der Waals surface area contributed by atoms with Gasteiger partial charge < -0.3 is 14.3 Å². The number of imidazole rings is 1. The lowest BCUT2D eigenvalue weighted by Crippen LogP contribution is -2.12. The van der Waals surface area contributed by atoms with Crippen molar-refractivity contribution in [2.75, 3.05) is 5.32 Å². The van der Waals surface area contributed by atoms with Crippen molar-refractivity contribution in [2.24, 2.45) is 0 Å². The molecule has 1 amide bonds. The fraction of sp³-hybridized carbons (Fsp3) is 0.200. The normalized spacial score (nSPS) is 14.0. The largest absolute Gasteiger partial charge is 0.462 e. The molecular formula is C25H20F3N3O2. The number of rotatable bonds is 5. The number of benzene rings is 2. The molecule has 1 aliphatic carbocycles. The number of nitrogens with zero attached hydrogens (tertiary/aromatic N) is 2. The van der Waals surface area contributed by atoms with Gasteiger partial charge in [-0.15, -0.1) is 0 Å². The summed E-state index contributed by atoms with van der Waals surface area (Å²) in [7, 11) is 0. The van der Waals surface area contributed by atoms with E-state index in [9.17, 15) is 18.0 Å². The molecule has 0 atom stereocenters. The highest BCUT2D eigenvalue weighted by atomic mass is 19.1. The van der Waals surface area contributed by atoms with Crippen LogP contribution in [0.25, 0.3) is 22.7 Å². The molecule has 1 N–H and O–H groups in total. The zero-order chi connectivity index (χ0) is 22.9. The second-order valence-electron chi connectivity index (χ2n) is 8.07. The van der Waals surface area contributed by atoms with Gasteiger partial charge in [-0.1, -0.05) is 12.8 Å². The molecule has 0 saturated heterocycles. The van der Waals surface area contributed by atoms with Gasteiger partial charge in [-0.25, -0.2) is 18.2 Å². The molecular weight excluding hydrogens is 431 g/mol. The highest BCUT2D eigenvalue weighted by Gasteiger charge is 2.26. The van der Waals surface area contributed by atoms with Crippen LogP contribution in [0.15, 0.2) is 65.5 Å². The first-order chi connectivity index (χ1) is 16.0. The molecule has 0 spiro atoms. The molecule has 0 radical (unpaired) electrons. The topological polar surface area (TPSA) is 60.1 Å². The van der Waals surface area contributed by atoms with Crippen molar-refractivity contribution >= 4 is 11.6 Å². The van der Waals surface area contributed by atoms with Crippen molar-refractivity contribution < 1.29 is 22.4 Å². The van der Waals surface area contributed by atoms with E-state index in [2.05, 4.69) is 10.3 Å². The van der Waals surface area contributed by atoms with Gasteiger partial charge >= 0.3 is 0 Å². The number of hydrogen-bond donors (Lipinski definition) is 1. The van der Waals surface area contributed by atoms with Crippen molar-refractivity contribution in [3.8, 4) is 22.7 Å². The van der Waals surface area contributed by atoms with Gasteiger partial charge in [0.05, 0.1) is 23.3 Å². The minimum atomic E-state index is -0.744. The van der Waals surface area contributed by atoms with E-state index in [-0.39, 0.29) is 23.1 Å². The molecule has 2 aromatic carbocycles. The van der Waals surface area contributed by atoms with E-state index in [0.717, 1.165) is 43.9 Å². The fourth-order valence-electron chi connectivity index (χ4n) is 4.25. The summed E-state index contributed by atoms with van der Waals surface area (Å²) in [4.78, 5) is 17.2. The van der Waals surface area contributed by atoms with Crippen molar-refractivity contribution in [3.05, 3.63) is 84.1 Å². The number of carbonyl (C=O) groups excluding carboxylic acids is 1. The molecule has 1 saturated carbocycles. The van der Waals surface area contributed by atoms with Crippen molar-refractivity contribution in [1.29, 1.82) is 0 Å². The van der Waals surface area contributed by atoms with Crippen molar-refractivity contribution in [2.45, 2.75) is 31.7 Å². The molecule has 1 fully saturated rings. The van der Waals surface area contributed by atoms with Crippen molar-refractivity contribution in [3.63, 3.8) is 0 Å². The lowest BCUT2D eigenvalue weighted by Gasteiger charge is -2.15. The summed E-state index contributed by atoms with van der Waals surface area (Å²) in [5.41, 5.74) is 1.90. The Morgan fingerprint density at radius 3 is 2.48 bits per heavy atom. The molecule has 168 valence electrons. The molecule has 4 aromatic rings. The van der Waals surface area contributed by atoms with E-state index < -0.39 is 17.5 Å². The van der Waals surface area contributed by atoms with Crippen LogP contribution in [0.1, 0.15) is 42.1 Å². The van der Waals surface area contributed by atoms with Crippen LogP contribution in [-0.2, 0) is 0 Å². The lowest BCUT2D eigenvalue weighted by molar-refractivity contribution is 0.102. The third kappa shape index (κ3) is 4.16. The fourth-order valence-corrected chi connectivity index (χ4v) is 4.25. The molecule has 0 unspecified atom stereocenters.